The molecule has 0 aliphatic carbocycles. The summed E-state index contributed by atoms with van der Waals surface area (Å²) in [6, 6.07) is 7.85. The first-order chi connectivity index (χ1) is 14.9. The lowest BCUT2D eigenvalue weighted by molar-refractivity contribution is -0.120. The zero-order valence-corrected chi connectivity index (χ0v) is 17.6. The van der Waals surface area contributed by atoms with Crippen LogP contribution in [0.1, 0.15) is 30.1 Å². The highest BCUT2D eigenvalue weighted by atomic mass is 16.3. The van der Waals surface area contributed by atoms with Crippen molar-refractivity contribution in [2.24, 2.45) is 11.7 Å². The second-order valence-corrected chi connectivity index (χ2v) is 7.14. The van der Waals surface area contributed by atoms with Crippen molar-refractivity contribution in [3.05, 3.63) is 52.6 Å². The highest BCUT2D eigenvalue weighted by Crippen LogP contribution is 2.12. The third-order valence-electron chi connectivity index (χ3n) is 4.56. The number of aliphatic hydroxyl groups excluding tert-OH is 1. The van der Waals surface area contributed by atoms with E-state index in [1.165, 1.54) is 4.57 Å². The Hall–Kier alpha value is -3.08. The lowest BCUT2D eigenvalue weighted by Crippen LogP contribution is -2.27. The first-order valence-electron chi connectivity index (χ1n) is 10.3. The number of aromatic nitrogens is 2. The lowest BCUT2D eigenvalue weighted by Gasteiger charge is -2.10. The Morgan fingerprint density at radius 3 is 2.48 bits per heavy atom. The molecule has 0 spiro atoms. The van der Waals surface area contributed by atoms with Gasteiger partial charge in [0.25, 0.3) is 5.91 Å². The largest absolute Gasteiger partial charge is 0.396 e. The van der Waals surface area contributed by atoms with Crippen molar-refractivity contribution in [2.45, 2.75) is 26.3 Å². The van der Waals surface area contributed by atoms with E-state index in [1.807, 2.05) is 0 Å². The summed E-state index contributed by atoms with van der Waals surface area (Å²) in [4.78, 5) is 40.3. The fraction of sp³-hybridized carbons (Fsp3) is 0.429. The number of carbonyl (C=O) groups excluding carboxylic acids is 2. The third kappa shape index (κ3) is 7.93. The van der Waals surface area contributed by atoms with Gasteiger partial charge in [-0.3, -0.25) is 14.2 Å². The lowest BCUT2D eigenvalue weighted by atomic mass is 10.1. The van der Waals surface area contributed by atoms with Gasteiger partial charge in [0.1, 0.15) is 5.82 Å². The van der Waals surface area contributed by atoms with Gasteiger partial charge in [-0.05, 0) is 62.8 Å². The van der Waals surface area contributed by atoms with E-state index < -0.39 is 17.5 Å². The fourth-order valence-electron chi connectivity index (χ4n) is 2.64. The number of benzene rings is 1. The van der Waals surface area contributed by atoms with E-state index in [-0.39, 0.29) is 18.3 Å². The molecule has 2 aromatic rings. The molecule has 0 saturated carbocycles. The third-order valence-corrected chi connectivity index (χ3v) is 4.56. The van der Waals surface area contributed by atoms with Crippen LogP contribution in [0.5, 0.6) is 0 Å². The average molecular weight is 431 g/mol. The van der Waals surface area contributed by atoms with E-state index in [0.717, 1.165) is 25.9 Å². The predicted molar refractivity (Wildman–Crippen MR) is 119 cm³/mol. The van der Waals surface area contributed by atoms with Gasteiger partial charge < -0.3 is 26.8 Å². The molecule has 31 heavy (non-hydrogen) atoms. The van der Waals surface area contributed by atoms with Crippen LogP contribution in [0.2, 0.25) is 0 Å². The Morgan fingerprint density at radius 1 is 1.13 bits per heavy atom. The van der Waals surface area contributed by atoms with Crippen LogP contribution in [-0.2, 0) is 11.3 Å². The molecule has 1 atom stereocenters. The number of hydrogen-bond acceptors (Lipinski definition) is 7. The van der Waals surface area contributed by atoms with E-state index in [0.29, 0.717) is 24.3 Å². The minimum Gasteiger partial charge on any atom is -0.396 e. The molecule has 0 fully saturated rings. The van der Waals surface area contributed by atoms with E-state index >= 15 is 0 Å². The molecule has 6 N–H and O–H groups in total. The van der Waals surface area contributed by atoms with Gasteiger partial charge in [-0.25, -0.2) is 4.79 Å². The Morgan fingerprint density at radius 2 is 1.84 bits per heavy atom. The summed E-state index contributed by atoms with van der Waals surface area (Å²) in [5, 5.41) is 17.5. The number of nitrogens with two attached hydrogens (primary N) is 1. The second kappa shape index (κ2) is 12.6. The smallest absolute Gasteiger partial charge is 0.349 e. The minimum absolute atomic E-state index is 0.168. The predicted octanol–water partition coefficient (Wildman–Crippen LogP) is 0.391. The van der Waals surface area contributed by atoms with Gasteiger partial charge >= 0.3 is 5.69 Å². The van der Waals surface area contributed by atoms with Gasteiger partial charge in [0, 0.05) is 24.0 Å². The Kier molecular flexibility index (Phi) is 9.82. The summed E-state index contributed by atoms with van der Waals surface area (Å²) >= 11 is 0. The molecule has 0 aliphatic rings. The fourth-order valence-corrected chi connectivity index (χ4v) is 2.64. The molecule has 168 valence electrons. The van der Waals surface area contributed by atoms with Crippen molar-refractivity contribution in [3.63, 3.8) is 0 Å². The van der Waals surface area contributed by atoms with Crippen molar-refractivity contribution < 1.29 is 14.7 Å². The second-order valence-electron chi connectivity index (χ2n) is 7.14. The molecule has 1 heterocycles. The maximum absolute atomic E-state index is 12.4. The standard InChI is InChI=1S/C21H30N6O4/c1-15(14-28)19(29)24-17-6-4-16(5-7-17)20(30)25-18-8-13-27(21(31)26-18)12-3-11-23-10-2-9-22/h4-8,13,15,23,28H,2-3,9-12,14,22H2,1H3,(H,24,29)(H,25,26,30,31). The first kappa shape index (κ1) is 24.2. The van der Waals surface area contributed by atoms with Crippen molar-refractivity contribution in [2.75, 3.05) is 36.9 Å². The van der Waals surface area contributed by atoms with Crippen molar-refractivity contribution in [1.29, 1.82) is 0 Å². The molecule has 1 aromatic heterocycles. The maximum atomic E-state index is 12.4. The topological polar surface area (TPSA) is 151 Å². The quantitative estimate of drug-likeness (QED) is 0.306. The first-order valence-corrected chi connectivity index (χ1v) is 10.3. The monoisotopic (exact) mass is 430 g/mol. The molecule has 10 nitrogen and oxygen atoms in total. The normalized spacial score (nSPS) is 11.7. The molecule has 0 aliphatic heterocycles. The molecule has 0 bridgehead atoms. The Balaban J connectivity index is 1.88. The summed E-state index contributed by atoms with van der Waals surface area (Å²) in [5.41, 5.74) is 5.86. The molecule has 2 rings (SSSR count). The highest BCUT2D eigenvalue weighted by molar-refractivity contribution is 6.04. The van der Waals surface area contributed by atoms with Crippen molar-refractivity contribution in [1.82, 2.24) is 14.9 Å². The van der Waals surface area contributed by atoms with Crippen LogP contribution in [0, 0.1) is 5.92 Å². The number of rotatable bonds is 12. The number of hydrogen-bond donors (Lipinski definition) is 5. The Labute approximate surface area is 180 Å². The zero-order chi connectivity index (χ0) is 22.6. The van der Waals surface area contributed by atoms with Crippen LogP contribution in [0.15, 0.2) is 41.3 Å². The van der Waals surface area contributed by atoms with Crippen LogP contribution < -0.4 is 27.4 Å². The number of anilines is 2. The summed E-state index contributed by atoms with van der Waals surface area (Å²) in [6.07, 6.45) is 3.29. The Bertz CT molecular complexity index is 913. The van der Waals surface area contributed by atoms with E-state index in [1.54, 1.807) is 43.5 Å². The van der Waals surface area contributed by atoms with Gasteiger partial charge in [-0.15, -0.1) is 0 Å². The number of nitrogens with zero attached hydrogens (tertiary/aromatic N) is 2. The molecular weight excluding hydrogens is 400 g/mol. The number of aliphatic hydroxyl groups is 1. The van der Waals surface area contributed by atoms with Gasteiger partial charge in [0.2, 0.25) is 5.91 Å². The van der Waals surface area contributed by atoms with Crippen molar-refractivity contribution >= 4 is 23.3 Å². The molecule has 0 saturated heterocycles. The molecule has 10 heteroatoms. The average Bonchev–Trinajstić information content (AvgIpc) is 2.77. The van der Waals surface area contributed by atoms with E-state index in [9.17, 15) is 14.4 Å². The summed E-state index contributed by atoms with van der Waals surface area (Å²) in [7, 11) is 0. The van der Waals surface area contributed by atoms with Crippen LogP contribution >= 0.6 is 0 Å². The minimum atomic E-state index is -0.524. The number of carbonyl (C=O) groups is 2. The molecular formula is C21H30N6O4. The van der Waals surface area contributed by atoms with Gasteiger partial charge in [-0.2, -0.15) is 4.98 Å². The SMILES string of the molecule is CC(CO)C(=O)Nc1ccc(C(=O)Nc2ccn(CCCNCCCN)c(=O)n2)cc1. The number of nitrogens with one attached hydrogen (secondary N) is 3. The van der Waals surface area contributed by atoms with Crippen LogP contribution in [0.25, 0.3) is 0 Å². The van der Waals surface area contributed by atoms with Gasteiger partial charge in [0.05, 0.1) is 12.5 Å². The zero-order valence-electron chi connectivity index (χ0n) is 17.6. The van der Waals surface area contributed by atoms with Crippen LogP contribution in [0.3, 0.4) is 0 Å². The van der Waals surface area contributed by atoms with Crippen LogP contribution in [0.4, 0.5) is 11.5 Å². The van der Waals surface area contributed by atoms with Crippen LogP contribution in [-0.4, -0.2) is 52.7 Å². The summed E-state index contributed by atoms with van der Waals surface area (Å²) < 4.78 is 1.49. The van der Waals surface area contributed by atoms with Crippen molar-refractivity contribution in [3.8, 4) is 0 Å². The summed E-state index contributed by atoms with van der Waals surface area (Å²) in [6.45, 7) is 4.16. The molecule has 0 radical (unpaired) electrons. The number of aryl methyl sites for hydroxylation is 1. The number of amides is 2. The van der Waals surface area contributed by atoms with Gasteiger partial charge in [-0.1, -0.05) is 6.92 Å². The van der Waals surface area contributed by atoms with E-state index in [4.69, 9.17) is 10.8 Å². The maximum Gasteiger partial charge on any atom is 0.349 e. The summed E-state index contributed by atoms with van der Waals surface area (Å²) in [5.74, 6) is -1.09. The molecule has 1 unspecified atom stereocenters. The highest BCUT2D eigenvalue weighted by Gasteiger charge is 2.12. The molecule has 1 aromatic carbocycles. The molecule has 2 amide bonds. The van der Waals surface area contributed by atoms with Gasteiger partial charge in [0.15, 0.2) is 0 Å². The van der Waals surface area contributed by atoms with E-state index in [2.05, 4.69) is 20.9 Å².